The number of nitrogens with one attached hydrogen (secondary N) is 1. The van der Waals surface area contributed by atoms with Crippen LogP contribution in [0.2, 0.25) is 0 Å². The van der Waals surface area contributed by atoms with Gasteiger partial charge in [-0.3, -0.25) is 4.79 Å². The van der Waals surface area contributed by atoms with E-state index >= 15 is 0 Å². The summed E-state index contributed by atoms with van der Waals surface area (Å²) in [5.41, 5.74) is 1.81. The first-order chi connectivity index (χ1) is 13.1. The molecule has 1 fully saturated rings. The second-order valence-electron chi connectivity index (χ2n) is 7.90. The maximum atomic E-state index is 13.2. The molecule has 2 aliphatic rings. The fraction of sp³-hybridized carbons (Fsp3) is 0.435. The molecule has 4 nitrogen and oxygen atoms in total. The second-order valence-corrected chi connectivity index (χ2v) is 7.90. The zero-order valence-electron chi connectivity index (χ0n) is 16.0. The van der Waals surface area contributed by atoms with E-state index in [1.54, 1.807) is 0 Å². The van der Waals surface area contributed by atoms with Crippen LogP contribution in [0.15, 0.2) is 48.5 Å². The molecule has 1 atom stereocenters. The lowest BCUT2D eigenvalue weighted by Crippen LogP contribution is -2.39. The van der Waals surface area contributed by atoms with E-state index in [4.69, 9.17) is 9.47 Å². The van der Waals surface area contributed by atoms with E-state index in [9.17, 15) is 4.79 Å². The third-order valence-electron chi connectivity index (χ3n) is 5.59. The highest BCUT2D eigenvalue weighted by molar-refractivity contribution is 5.91. The largest absolute Gasteiger partial charge is 0.490 e. The van der Waals surface area contributed by atoms with Gasteiger partial charge in [0.15, 0.2) is 11.5 Å². The Balaban J connectivity index is 1.57. The van der Waals surface area contributed by atoms with Crippen molar-refractivity contribution in [3.8, 4) is 11.5 Å². The fourth-order valence-electron chi connectivity index (χ4n) is 3.82. The van der Waals surface area contributed by atoms with E-state index in [0.29, 0.717) is 13.2 Å². The molecular formula is C23H27NO3. The Kier molecular flexibility index (Phi) is 4.81. The normalized spacial score (nSPS) is 18.5. The molecule has 1 saturated carbocycles. The van der Waals surface area contributed by atoms with Crippen LogP contribution in [0.3, 0.4) is 0 Å². The monoisotopic (exact) mass is 365 g/mol. The van der Waals surface area contributed by atoms with Gasteiger partial charge in [-0.2, -0.15) is 0 Å². The van der Waals surface area contributed by atoms with Gasteiger partial charge in [0.2, 0.25) is 5.91 Å². The summed E-state index contributed by atoms with van der Waals surface area (Å²) in [6, 6.07) is 16.1. The molecule has 1 aliphatic heterocycles. The van der Waals surface area contributed by atoms with Gasteiger partial charge in [-0.15, -0.1) is 0 Å². The SMILES string of the molecule is CC(C)[C@H](NC(=O)C1(c2ccccc2)CC1)c1ccc2c(c1)OCCCO2. The minimum Gasteiger partial charge on any atom is -0.490 e. The van der Waals surface area contributed by atoms with Gasteiger partial charge in [0.25, 0.3) is 0 Å². The van der Waals surface area contributed by atoms with Crippen LogP contribution in [-0.2, 0) is 10.2 Å². The number of hydrogen-bond acceptors (Lipinski definition) is 3. The van der Waals surface area contributed by atoms with Crippen LogP contribution in [0.4, 0.5) is 0 Å². The predicted molar refractivity (Wildman–Crippen MR) is 105 cm³/mol. The number of benzene rings is 2. The van der Waals surface area contributed by atoms with E-state index in [2.05, 4.69) is 31.3 Å². The van der Waals surface area contributed by atoms with Crippen molar-refractivity contribution in [2.45, 2.75) is 44.6 Å². The number of rotatable bonds is 5. The van der Waals surface area contributed by atoms with Crippen molar-refractivity contribution in [2.24, 2.45) is 5.92 Å². The molecule has 142 valence electrons. The summed E-state index contributed by atoms with van der Waals surface area (Å²) in [7, 11) is 0. The number of amides is 1. The molecule has 1 N–H and O–H groups in total. The molecule has 2 aromatic rings. The highest BCUT2D eigenvalue weighted by Crippen LogP contribution is 2.49. The van der Waals surface area contributed by atoms with Crippen LogP contribution >= 0.6 is 0 Å². The number of carbonyl (C=O) groups excluding carboxylic acids is 1. The van der Waals surface area contributed by atoms with E-state index in [1.165, 1.54) is 0 Å². The lowest BCUT2D eigenvalue weighted by atomic mass is 9.91. The highest BCUT2D eigenvalue weighted by Gasteiger charge is 2.51. The smallest absolute Gasteiger partial charge is 0.231 e. The van der Waals surface area contributed by atoms with Crippen molar-refractivity contribution in [1.29, 1.82) is 0 Å². The van der Waals surface area contributed by atoms with Crippen LogP contribution in [0.25, 0.3) is 0 Å². The van der Waals surface area contributed by atoms with E-state index in [-0.39, 0.29) is 23.3 Å². The Labute approximate surface area is 160 Å². The van der Waals surface area contributed by atoms with Crippen molar-refractivity contribution in [3.05, 3.63) is 59.7 Å². The van der Waals surface area contributed by atoms with Crippen molar-refractivity contribution in [2.75, 3.05) is 13.2 Å². The fourth-order valence-corrected chi connectivity index (χ4v) is 3.82. The molecule has 2 aromatic carbocycles. The lowest BCUT2D eigenvalue weighted by molar-refractivity contribution is -0.124. The number of ether oxygens (including phenoxy) is 2. The van der Waals surface area contributed by atoms with Gasteiger partial charge in [0.1, 0.15) is 0 Å². The Bertz CT molecular complexity index is 812. The molecule has 4 rings (SSSR count). The zero-order valence-corrected chi connectivity index (χ0v) is 16.0. The van der Waals surface area contributed by atoms with E-state index in [1.807, 2.05) is 36.4 Å². The molecule has 4 heteroatoms. The Morgan fingerprint density at radius 2 is 1.70 bits per heavy atom. The number of hydrogen-bond donors (Lipinski definition) is 1. The molecule has 0 spiro atoms. The second kappa shape index (κ2) is 7.26. The molecule has 0 aromatic heterocycles. The summed E-state index contributed by atoms with van der Waals surface area (Å²) >= 11 is 0. The molecule has 0 bridgehead atoms. The predicted octanol–water partition coefficient (Wildman–Crippen LogP) is 4.39. The van der Waals surface area contributed by atoms with Gasteiger partial charge in [0.05, 0.1) is 24.7 Å². The first-order valence-corrected chi connectivity index (χ1v) is 9.86. The minimum atomic E-state index is -0.361. The third kappa shape index (κ3) is 3.53. The molecule has 0 unspecified atom stereocenters. The molecular weight excluding hydrogens is 338 g/mol. The quantitative estimate of drug-likeness (QED) is 0.855. The van der Waals surface area contributed by atoms with Crippen molar-refractivity contribution >= 4 is 5.91 Å². The zero-order chi connectivity index (χ0) is 18.9. The number of carbonyl (C=O) groups is 1. The van der Waals surface area contributed by atoms with Crippen molar-refractivity contribution in [1.82, 2.24) is 5.32 Å². The van der Waals surface area contributed by atoms with Gasteiger partial charge >= 0.3 is 0 Å². The maximum absolute atomic E-state index is 13.2. The Morgan fingerprint density at radius 1 is 1.00 bits per heavy atom. The third-order valence-corrected chi connectivity index (χ3v) is 5.59. The summed E-state index contributed by atoms with van der Waals surface area (Å²) < 4.78 is 11.6. The van der Waals surface area contributed by atoms with Gasteiger partial charge in [-0.05, 0) is 42.0 Å². The summed E-state index contributed by atoms with van der Waals surface area (Å²) in [4.78, 5) is 13.2. The van der Waals surface area contributed by atoms with E-state index in [0.717, 1.165) is 41.9 Å². The molecule has 1 amide bonds. The van der Waals surface area contributed by atoms with Crippen LogP contribution in [0, 0.1) is 5.92 Å². The van der Waals surface area contributed by atoms with Crippen molar-refractivity contribution in [3.63, 3.8) is 0 Å². The summed E-state index contributed by atoms with van der Waals surface area (Å²) in [5.74, 6) is 1.95. The average Bonchev–Trinajstić information content (AvgIpc) is 3.50. The molecule has 1 aliphatic carbocycles. The topological polar surface area (TPSA) is 47.6 Å². The van der Waals surface area contributed by atoms with Gasteiger partial charge in [-0.25, -0.2) is 0 Å². The first kappa shape index (κ1) is 17.9. The summed E-state index contributed by atoms with van der Waals surface area (Å²) in [6.07, 6.45) is 2.71. The van der Waals surface area contributed by atoms with Crippen LogP contribution in [0.1, 0.15) is 50.3 Å². The molecule has 27 heavy (non-hydrogen) atoms. The molecule has 0 saturated heterocycles. The first-order valence-electron chi connectivity index (χ1n) is 9.86. The lowest BCUT2D eigenvalue weighted by Gasteiger charge is -2.26. The average molecular weight is 365 g/mol. The Hall–Kier alpha value is -2.49. The Morgan fingerprint density at radius 3 is 2.37 bits per heavy atom. The van der Waals surface area contributed by atoms with Gasteiger partial charge < -0.3 is 14.8 Å². The van der Waals surface area contributed by atoms with Crippen LogP contribution in [0.5, 0.6) is 11.5 Å². The van der Waals surface area contributed by atoms with E-state index < -0.39 is 0 Å². The van der Waals surface area contributed by atoms with Gasteiger partial charge in [-0.1, -0.05) is 50.2 Å². The maximum Gasteiger partial charge on any atom is 0.231 e. The molecule has 0 radical (unpaired) electrons. The minimum absolute atomic E-state index is 0.0594. The number of fused-ring (bicyclic) bond motifs is 1. The summed E-state index contributed by atoms with van der Waals surface area (Å²) in [5, 5.41) is 3.32. The standard InChI is InChI=1S/C23H27NO3/c1-16(2)21(17-9-10-19-20(15-17)27-14-6-13-26-19)24-22(25)23(11-12-23)18-7-4-3-5-8-18/h3-5,7-10,15-16,21H,6,11-14H2,1-2H3,(H,24,25)/t21-/m0/s1. The highest BCUT2D eigenvalue weighted by atomic mass is 16.5. The van der Waals surface area contributed by atoms with Crippen molar-refractivity contribution < 1.29 is 14.3 Å². The molecule has 1 heterocycles. The van der Waals surface area contributed by atoms with Crippen LogP contribution in [-0.4, -0.2) is 19.1 Å². The van der Waals surface area contributed by atoms with Crippen LogP contribution < -0.4 is 14.8 Å². The summed E-state index contributed by atoms with van der Waals surface area (Å²) in [6.45, 7) is 5.61. The van der Waals surface area contributed by atoms with Gasteiger partial charge in [0, 0.05) is 6.42 Å².